The zero-order valence-corrected chi connectivity index (χ0v) is 11.2. The molecule has 0 fully saturated rings. The minimum Gasteiger partial charge on any atom is -0.309 e. The summed E-state index contributed by atoms with van der Waals surface area (Å²) in [6, 6.07) is 5.31. The van der Waals surface area contributed by atoms with E-state index in [4.69, 9.17) is 0 Å². The van der Waals surface area contributed by atoms with Crippen molar-refractivity contribution in [3.63, 3.8) is 0 Å². The highest BCUT2D eigenvalue weighted by Gasteiger charge is 2.17. The van der Waals surface area contributed by atoms with Crippen LogP contribution in [0.2, 0.25) is 0 Å². The lowest BCUT2D eigenvalue weighted by atomic mass is 9.98. The highest BCUT2D eigenvalue weighted by molar-refractivity contribution is 5.34. The lowest BCUT2D eigenvalue weighted by molar-refractivity contribution is 0.607. The molecule has 2 aromatic rings. The van der Waals surface area contributed by atoms with Gasteiger partial charge in [0, 0.05) is 18.3 Å². The monoisotopic (exact) mass is 247 g/mol. The van der Waals surface area contributed by atoms with Gasteiger partial charge in [0.15, 0.2) is 0 Å². The van der Waals surface area contributed by atoms with Gasteiger partial charge in [-0.2, -0.15) is 5.10 Å². The minimum absolute atomic E-state index is 0.0335. The van der Waals surface area contributed by atoms with Crippen molar-refractivity contribution in [3.05, 3.63) is 52.6 Å². The molecule has 0 spiro atoms. The number of hydrogen-bond acceptors (Lipinski definition) is 2. The SMILES string of the molecule is CNC(c1ccc(C)c(F)c1)c1cnn(C)c1C. The molecule has 4 heteroatoms. The van der Waals surface area contributed by atoms with Crippen molar-refractivity contribution in [1.29, 1.82) is 0 Å². The third kappa shape index (κ3) is 2.16. The van der Waals surface area contributed by atoms with Gasteiger partial charge in [-0.15, -0.1) is 0 Å². The lowest BCUT2D eigenvalue weighted by Crippen LogP contribution is -2.18. The topological polar surface area (TPSA) is 29.9 Å². The first-order chi connectivity index (χ1) is 8.54. The summed E-state index contributed by atoms with van der Waals surface area (Å²) in [5.41, 5.74) is 3.73. The van der Waals surface area contributed by atoms with Crippen LogP contribution in [0.1, 0.15) is 28.4 Å². The molecule has 1 aromatic carbocycles. The van der Waals surface area contributed by atoms with Gasteiger partial charge in [0.05, 0.1) is 12.2 Å². The molecular formula is C14H18FN3. The van der Waals surface area contributed by atoms with Crippen LogP contribution in [0.25, 0.3) is 0 Å². The predicted molar refractivity (Wildman–Crippen MR) is 70.0 cm³/mol. The highest BCUT2D eigenvalue weighted by atomic mass is 19.1. The molecule has 0 aliphatic carbocycles. The maximum atomic E-state index is 13.6. The molecule has 2 rings (SSSR count). The van der Waals surface area contributed by atoms with Crippen LogP contribution in [0.5, 0.6) is 0 Å². The van der Waals surface area contributed by atoms with E-state index in [0.29, 0.717) is 5.56 Å². The number of halogens is 1. The summed E-state index contributed by atoms with van der Waals surface area (Å²) in [6.07, 6.45) is 1.83. The molecule has 0 aliphatic heterocycles. The fourth-order valence-electron chi connectivity index (χ4n) is 2.09. The van der Waals surface area contributed by atoms with Gasteiger partial charge in [0.2, 0.25) is 0 Å². The molecule has 3 nitrogen and oxygen atoms in total. The molecule has 0 radical (unpaired) electrons. The quantitative estimate of drug-likeness (QED) is 0.903. The number of nitrogens with one attached hydrogen (secondary N) is 1. The summed E-state index contributed by atoms with van der Waals surface area (Å²) in [5.74, 6) is -0.172. The highest BCUT2D eigenvalue weighted by Crippen LogP contribution is 2.25. The Morgan fingerprint density at radius 1 is 1.33 bits per heavy atom. The van der Waals surface area contributed by atoms with Gasteiger partial charge in [-0.25, -0.2) is 4.39 Å². The molecule has 0 saturated carbocycles. The van der Waals surface area contributed by atoms with Crippen LogP contribution in [-0.4, -0.2) is 16.8 Å². The van der Waals surface area contributed by atoms with E-state index in [1.165, 1.54) is 0 Å². The van der Waals surface area contributed by atoms with Gasteiger partial charge in [0.25, 0.3) is 0 Å². The number of aryl methyl sites for hydroxylation is 2. The van der Waals surface area contributed by atoms with E-state index in [1.807, 2.05) is 38.0 Å². The zero-order chi connectivity index (χ0) is 13.3. The Kier molecular flexibility index (Phi) is 3.48. The van der Waals surface area contributed by atoms with Crippen molar-refractivity contribution in [3.8, 4) is 0 Å². The molecular weight excluding hydrogens is 229 g/mol. The van der Waals surface area contributed by atoms with Gasteiger partial charge < -0.3 is 5.32 Å². The van der Waals surface area contributed by atoms with E-state index < -0.39 is 0 Å². The molecule has 1 heterocycles. The molecule has 1 unspecified atom stereocenters. The Labute approximate surface area is 107 Å². The summed E-state index contributed by atoms with van der Waals surface area (Å²) in [4.78, 5) is 0. The van der Waals surface area contributed by atoms with Crippen molar-refractivity contribution in [1.82, 2.24) is 15.1 Å². The molecule has 0 saturated heterocycles. The number of nitrogens with zero attached hydrogens (tertiary/aromatic N) is 2. The van der Waals surface area contributed by atoms with Crippen molar-refractivity contribution in [2.45, 2.75) is 19.9 Å². The summed E-state index contributed by atoms with van der Waals surface area (Å²) in [7, 11) is 3.77. The van der Waals surface area contributed by atoms with E-state index >= 15 is 0 Å². The molecule has 0 bridgehead atoms. The molecule has 1 atom stereocenters. The van der Waals surface area contributed by atoms with Crippen LogP contribution < -0.4 is 5.32 Å². The summed E-state index contributed by atoms with van der Waals surface area (Å²) >= 11 is 0. The third-order valence-corrected chi connectivity index (χ3v) is 3.40. The summed E-state index contributed by atoms with van der Waals surface area (Å²) < 4.78 is 15.5. The number of aromatic nitrogens is 2. The summed E-state index contributed by atoms with van der Waals surface area (Å²) in [6.45, 7) is 3.78. The second kappa shape index (κ2) is 4.90. The zero-order valence-electron chi connectivity index (χ0n) is 11.2. The fraction of sp³-hybridized carbons (Fsp3) is 0.357. The molecule has 0 amide bonds. The van der Waals surface area contributed by atoms with Gasteiger partial charge >= 0.3 is 0 Å². The van der Waals surface area contributed by atoms with Crippen LogP contribution in [0.15, 0.2) is 24.4 Å². The Hall–Kier alpha value is -1.68. The number of rotatable bonds is 3. The Morgan fingerprint density at radius 2 is 2.06 bits per heavy atom. The molecule has 96 valence electrons. The Balaban J connectivity index is 2.45. The van der Waals surface area contributed by atoms with Crippen LogP contribution in [-0.2, 0) is 7.05 Å². The van der Waals surface area contributed by atoms with Crippen molar-refractivity contribution in [2.24, 2.45) is 7.05 Å². The van der Waals surface area contributed by atoms with Crippen molar-refractivity contribution >= 4 is 0 Å². The standard InChI is InChI=1S/C14H18FN3/c1-9-5-6-11(7-13(9)15)14(16-3)12-8-17-18(4)10(12)2/h5-8,14,16H,1-4H3. The van der Waals surface area contributed by atoms with Crippen LogP contribution in [0, 0.1) is 19.7 Å². The first-order valence-electron chi connectivity index (χ1n) is 5.96. The molecule has 1 N–H and O–H groups in total. The first kappa shape index (κ1) is 12.8. The predicted octanol–water partition coefficient (Wildman–Crippen LogP) is 2.48. The largest absolute Gasteiger partial charge is 0.309 e. The number of benzene rings is 1. The second-order valence-electron chi connectivity index (χ2n) is 4.54. The average Bonchev–Trinajstić information content (AvgIpc) is 2.67. The van der Waals surface area contributed by atoms with E-state index in [1.54, 1.807) is 19.1 Å². The average molecular weight is 247 g/mol. The van der Waals surface area contributed by atoms with Crippen LogP contribution >= 0.6 is 0 Å². The maximum Gasteiger partial charge on any atom is 0.126 e. The van der Waals surface area contributed by atoms with Gasteiger partial charge in [-0.3, -0.25) is 4.68 Å². The van der Waals surface area contributed by atoms with E-state index in [9.17, 15) is 4.39 Å². The summed E-state index contributed by atoms with van der Waals surface area (Å²) in [5, 5.41) is 7.45. The van der Waals surface area contributed by atoms with Gasteiger partial charge in [-0.05, 0) is 38.1 Å². The lowest BCUT2D eigenvalue weighted by Gasteiger charge is -2.17. The molecule has 1 aromatic heterocycles. The third-order valence-electron chi connectivity index (χ3n) is 3.40. The van der Waals surface area contributed by atoms with Crippen LogP contribution in [0.3, 0.4) is 0 Å². The van der Waals surface area contributed by atoms with Gasteiger partial charge in [-0.1, -0.05) is 12.1 Å². The van der Waals surface area contributed by atoms with Crippen molar-refractivity contribution in [2.75, 3.05) is 7.05 Å². The van der Waals surface area contributed by atoms with E-state index in [-0.39, 0.29) is 11.9 Å². The molecule has 0 aliphatic rings. The van der Waals surface area contributed by atoms with Gasteiger partial charge in [0.1, 0.15) is 5.82 Å². The normalized spacial score (nSPS) is 12.7. The first-order valence-corrected chi connectivity index (χ1v) is 5.96. The van der Waals surface area contributed by atoms with E-state index in [0.717, 1.165) is 16.8 Å². The molecule has 18 heavy (non-hydrogen) atoms. The maximum absolute atomic E-state index is 13.6. The second-order valence-corrected chi connectivity index (χ2v) is 4.54. The fourth-order valence-corrected chi connectivity index (χ4v) is 2.09. The number of hydrogen-bond donors (Lipinski definition) is 1. The van der Waals surface area contributed by atoms with E-state index in [2.05, 4.69) is 10.4 Å². The van der Waals surface area contributed by atoms with Crippen LogP contribution in [0.4, 0.5) is 4.39 Å². The smallest absolute Gasteiger partial charge is 0.126 e. The Bertz CT molecular complexity index is 560. The van der Waals surface area contributed by atoms with Crippen molar-refractivity contribution < 1.29 is 4.39 Å². The minimum atomic E-state index is -0.172. The Morgan fingerprint density at radius 3 is 2.56 bits per heavy atom.